The monoisotopic (exact) mass is 371 g/mol. The topological polar surface area (TPSA) is 84.2 Å². The van der Waals surface area contributed by atoms with Gasteiger partial charge in [0.15, 0.2) is 0 Å². The molecule has 2 atom stereocenters. The largest absolute Gasteiger partial charge is 0.327 e. The van der Waals surface area contributed by atoms with Gasteiger partial charge in [-0.05, 0) is 49.1 Å². The van der Waals surface area contributed by atoms with Gasteiger partial charge in [0, 0.05) is 23.8 Å². The predicted octanol–water partition coefficient (Wildman–Crippen LogP) is 4.05. The Morgan fingerprint density at radius 3 is 2.50 bits per heavy atom. The fourth-order valence-corrected chi connectivity index (χ4v) is 3.47. The van der Waals surface area contributed by atoms with Crippen LogP contribution in [0.4, 0.5) is 11.4 Å². The van der Waals surface area contributed by atoms with Gasteiger partial charge in [-0.3, -0.25) is 9.59 Å². The standard InChI is InChI=1S/C20H22ClN3O2/c21-17-10-9-15(23-19(25)11-13-5-4-8-18(13)22)12-16(17)20(26)24-14-6-2-1-3-7-14/h1-3,6-7,9-10,12-13,18H,4-5,8,11,22H2,(H,23,25)(H,24,26)/t13-,18+/m0/s1. The fourth-order valence-electron chi connectivity index (χ4n) is 3.27. The molecule has 0 bridgehead atoms. The second-order valence-electron chi connectivity index (χ2n) is 6.62. The minimum Gasteiger partial charge on any atom is -0.327 e. The van der Waals surface area contributed by atoms with E-state index >= 15 is 0 Å². The molecule has 0 aliphatic heterocycles. The first kappa shape index (κ1) is 18.4. The van der Waals surface area contributed by atoms with Gasteiger partial charge < -0.3 is 16.4 Å². The van der Waals surface area contributed by atoms with E-state index in [1.807, 2.05) is 18.2 Å². The minimum absolute atomic E-state index is 0.0934. The molecule has 0 aromatic heterocycles. The van der Waals surface area contributed by atoms with Gasteiger partial charge >= 0.3 is 0 Å². The first-order chi connectivity index (χ1) is 12.5. The number of nitrogens with two attached hydrogens (primary N) is 1. The molecular formula is C20H22ClN3O2. The quantitative estimate of drug-likeness (QED) is 0.741. The van der Waals surface area contributed by atoms with Crippen molar-refractivity contribution in [1.29, 1.82) is 0 Å². The van der Waals surface area contributed by atoms with Gasteiger partial charge in [0.25, 0.3) is 5.91 Å². The Morgan fingerprint density at radius 2 is 1.81 bits per heavy atom. The summed E-state index contributed by atoms with van der Waals surface area (Å²) in [4.78, 5) is 24.7. The average Bonchev–Trinajstić information content (AvgIpc) is 3.02. The van der Waals surface area contributed by atoms with Crippen LogP contribution in [0.1, 0.15) is 36.0 Å². The van der Waals surface area contributed by atoms with Crippen molar-refractivity contribution in [3.05, 3.63) is 59.1 Å². The van der Waals surface area contributed by atoms with Gasteiger partial charge in [-0.25, -0.2) is 0 Å². The number of para-hydroxylation sites is 1. The Morgan fingerprint density at radius 1 is 1.04 bits per heavy atom. The van der Waals surface area contributed by atoms with Crippen LogP contribution in [-0.4, -0.2) is 17.9 Å². The predicted molar refractivity (Wildman–Crippen MR) is 104 cm³/mol. The van der Waals surface area contributed by atoms with Crippen molar-refractivity contribution in [2.75, 3.05) is 10.6 Å². The van der Waals surface area contributed by atoms with Crippen molar-refractivity contribution in [2.45, 2.75) is 31.7 Å². The molecule has 5 nitrogen and oxygen atoms in total. The molecule has 0 radical (unpaired) electrons. The highest BCUT2D eigenvalue weighted by atomic mass is 35.5. The van der Waals surface area contributed by atoms with Crippen molar-refractivity contribution in [3.8, 4) is 0 Å². The molecule has 1 aliphatic rings. The van der Waals surface area contributed by atoms with Crippen LogP contribution in [0.3, 0.4) is 0 Å². The highest BCUT2D eigenvalue weighted by Crippen LogP contribution is 2.28. The van der Waals surface area contributed by atoms with E-state index in [1.165, 1.54) is 0 Å². The van der Waals surface area contributed by atoms with E-state index in [1.54, 1.807) is 30.3 Å². The summed E-state index contributed by atoms with van der Waals surface area (Å²) in [5, 5.41) is 5.96. The molecule has 4 N–H and O–H groups in total. The second kappa shape index (κ2) is 8.34. The molecule has 2 amide bonds. The van der Waals surface area contributed by atoms with Crippen LogP contribution in [0.5, 0.6) is 0 Å². The van der Waals surface area contributed by atoms with E-state index in [-0.39, 0.29) is 23.8 Å². The number of anilines is 2. The highest BCUT2D eigenvalue weighted by Gasteiger charge is 2.26. The third kappa shape index (κ3) is 4.62. The third-order valence-corrected chi connectivity index (χ3v) is 5.02. The first-order valence-electron chi connectivity index (χ1n) is 8.74. The van der Waals surface area contributed by atoms with Gasteiger partial charge in [0.1, 0.15) is 0 Å². The second-order valence-corrected chi connectivity index (χ2v) is 7.03. The van der Waals surface area contributed by atoms with Crippen LogP contribution in [-0.2, 0) is 4.79 Å². The zero-order valence-corrected chi connectivity index (χ0v) is 15.1. The highest BCUT2D eigenvalue weighted by molar-refractivity contribution is 6.34. The molecule has 6 heteroatoms. The minimum atomic E-state index is -0.324. The summed E-state index contributed by atoms with van der Waals surface area (Å²) >= 11 is 6.16. The summed E-state index contributed by atoms with van der Waals surface area (Å²) in [7, 11) is 0. The average molecular weight is 372 g/mol. The number of amides is 2. The summed E-state index contributed by atoms with van der Waals surface area (Å²) < 4.78 is 0. The molecule has 0 unspecified atom stereocenters. The van der Waals surface area contributed by atoms with Gasteiger partial charge in [-0.15, -0.1) is 0 Å². The van der Waals surface area contributed by atoms with Crippen LogP contribution in [0.15, 0.2) is 48.5 Å². The number of carbonyl (C=O) groups is 2. The first-order valence-corrected chi connectivity index (χ1v) is 9.12. The Labute approximate surface area is 157 Å². The van der Waals surface area contributed by atoms with Crippen LogP contribution in [0, 0.1) is 5.92 Å². The molecule has 2 aromatic rings. The van der Waals surface area contributed by atoms with Crippen LogP contribution >= 0.6 is 11.6 Å². The molecule has 3 rings (SSSR count). The number of nitrogens with one attached hydrogen (secondary N) is 2. The van der Waals surface area contributed by atoms with Crippen LogP contribution in [0.2, 0.25) is 5.02 Å². The number of hydrogen-bond donors (Lipinski definition) is 3. The smallest absolute Gasteiger partial charge is 0.257 e. The maximum absolute atomic E-state index is 12.5. The molecule has 0 heterocycles. The van der Waals surface area contributed by atoms with Gasteiger partial charge in [0.2, 0.25) is 5.91 Å². The number of benzene rings is 2. The van der Waals surface area contributed by atoms with E-state index in [4.69, 9.17) is 17.3 Å². The number of halogens is 1. The number of hydrogen-bond acceptors (Lipinski definition) is 3. The summed E-state index contributed by atoms with van der Waals surface area (Å²) in [5.74, 6) is -0.192. The SMILES string of the molecule is N[C@@H]1CCC[C@H]1CC(=O)Nc1ccc(Cl)c(C(=O)Nc2ccccc2)c1. The molecule has 0 saturated heterocycles. The fraction of sp³-hybridized carbons (Fsp3) is 0.300. The van der Waals surface area contributed by atoms with Crippen molar-refractivity contribution < 1.29 is 9.59 Å². The van der Waals surface area contributed by atoms with E-state index in [2.05, 4.69) is 10.6 Å². The molecule has 0 spiro atoms. The van der Waals surface area contributed by atoms with E-state index in [0.29, 0.717) is 28.4 Å². The van der Waals surface area contributed by atoms with Crippen molar-refractivity contribution in [3.63, 3.8) is 0 Å². The van der Waals surface area contributed by atoms with Gasteiger partial charge in [-0.2, -0.15) is 0 Å². The summed E-state index contributed by atoms with van der Waals surface area (Å²) in [6, 6.07) is 14.1. The van der Waals surface area contributed by atoms with E-state index in [0.717, 1.165) is 19.3 Å². The maximum Gasteiger partial charge on any atom is 0.257 e. The lowest BCUT2D eigenvalue weighted by atomic mass is 10.00. The lowest BCUT2D eigenvalue weighted by molar-refractivity contribution is -0.117. The normalized spacial score (nSPS) is 19.2. The van der Waals surface area contributed by atoms with Gasteiger partial charge in [-0.1, -0.05) is 36.2 Å². The van der Waals surface area contributed by atoms with E-state index in [9.17, 15) is 9.59 Å². The summed E-state index contributed by atoms with van der Waals surface area (Å²) in [6.07, 6.45) is 3.43. The van der Waals surface area contributed by atoms with Crippen molar-refractivity contribution >= 4 is 34.8 Å². The molecular weight excluding hydrogens is 350 g/mol. The van der Waals surface area contributed by atoms with Gasteiger partial charge in [0.05, 0.1) is 10.6 Å². The van der Waals surface area contributed by atoms with Crippen LogP contribution in [0.25, 0.3) is 0 Å². The van der Waals surface area contributed by atoms with Crippen molar-refractivity contribution in [1.82, 2.24) is 0 Å². The Balaban J connectivity index is 1.67. The lowest BCUT2D eigenvalue weighted by Crippen LogP contribution is -2.28. The van der Waals surface area contributed by atoms with E-state index < -0.39 is 0 Å². The molecule has 1 aliphatic carbocycles. The summed E-state index contributed by atoms with van der Waals surface area (Å²) in [5.41, 5.74) is 7.56. The van der Waals surface area contributed by atoms with Crippen molar-refractivity contribution in [2.24, 2.45) is 11.7 Å². The Hall–Kier alpha value is -2.37. The zero-order chi connectivity index (χ0) is 18.5. The maximum atomic E-state index is 12.5. The summed E-state index contributed by atoms with van der Waals surface area (Å²) in [6.45, 7) is 0. The Kier molecular flexibility index (Phi) is 5.91. The van der Waals surface area contributed by atoms with Crippen LogP contribution < -0.4 is 16.4 Å². The number of rotatable bonds is 5. The third-order valence-electron chi connectivity index (χ3n) is 4.69. The molecule has 1 saturated carbocycles. The number of carbonyl (C=O) groups excluding carboxylic acids is 2. The molecule has 136 valence electrons. The Bertz CT molecular complexity index is 795. The molecule has 26 heavy (non-hydrogen) atoms. The lowest BCUT2D eigenvalue weighted by Gasteiger charge is -2.15. The molecule has 2 aromatic carbocycles. The zero-order valence-electron chi connectivity index (χ0n) is 14.4. The molecule has 1 fully saturated rings.